The number of piperidine rings is 1. The van der Waals surface area contributed by atoms with Gasteiger partial charge in [0.25, 0.3) is 0 Å². The van der Waals surface area contributed by atoms with Gasteiger partial charge in [0.1, 0.15) is 0 Å². The first kappa shape index (κ1) is 16.2. The maximum absolute atomic E-state index is 12.2. The van der Waals surface area contributed by atoms with Gasteiger partial charge in [0.2, 0.25) is 0 Å². The Labute approximate surface area is 138 Å². The van der Waals surface area contributed by atoms with E-state index in [0.29, 0.717) is 0 Å². The first-order chi connectivity index (χ1) is 11.3. The van der Waals surface area contributed by atoms with Crippen molar-refractivity contribution >= 4 is 11.7 Å². The normalized spacial score (nSPS) is 21.6. The number of hydrogen-bond donors (Lipinski definition) is 2. The van der Waals surface area contributed by atoms with E-state index in [2.05, 4.69) is 20.5 Å². The molecule has 3 rings (SSSR count). The van der Waals surface area contributed by atoms with E-state index in [1.54, 1.807) is 12.4 Å². The zero-order chi connectivity index (χ0) is 16.0. The second-order valence-electron chi connectivity index (χ2n) is 6.88. The van der Waals surface area contributed by atoms with Gasteiger partial charge in [-0.15, -0.1) is 0 Å². The lowest BCUT2D eigenvalue weighted by Gasteiger charge is -2.48. The van der Waals surface area contributed by atoms with E-state index in [0.717, 1.165) is 12.2 Å². The molecule has 1 saturated carbocycles. The molecule has 126 valence electrons. The molecule has 5 heteroatoms. The van der Waals surface area contributed by atoms with Crippen molar-refractivity contribution in [3.05, 3.63) is 24.5 Å². The average molecular weight is 316 g/mol. The summed E-state index contributed by atoms with van der Waals surface area (Å²) < 4.78 is 0. The van der Waals surface area contributed by atoms with E-state index >= 15 is 0 Å². The minimum atomic E-state index is -0.125. The summed E-state index contributed by atoms with van der Waals surface area (Å²) in [6, 6.07) is 3.56. The Bertz CT molecular complexity index is 493. The number of carbonyl (C=O) groups excluding carboxylic acids is 1. The molecule has 1 aliphatic heterocycles. The Balaban J connectivity index is 1.58. The van der Waals surface area contributed by atoms with Crippen molar-refractivity contribution in [1.82, 2.24) is 15.2 Å². The number of carbonyl (C=O) groups is 1. The maximum atomic E-state index is 12.2. The number of aromatic nitrogens is 1. The third-order valence-electron chi connectivity index (χ3n) is 5.31. The van der Waals surface area contributed by atoms with Crippen molar-refractivity contribution in [3.63, 3.8) is 0 Å². The predicted octanol–water partition coefficient (Wildman–Crippen LogP) is 3.39. The van der Waals surface area contributed by atoms with Crippen LogP contribution in [0.15, 0.2) is 24.5 Å². The maximum Gasteiger partial charge on any atom is 0.319 e. The highest BCUT2D eigenvalue weighted by atomic mass is 16.2. The number of nitrogens with zero attached hydrogens (tertiary/aromatic N) is 2. The average Bonchev–Trinajstić information content (AvgIpc) is 2.62. The number of nitrogens with one attached hydrogen (secondary N) is 2. The summed E-state index contributed by atoms with van der Waals surface area (Å²) in [5, 5.41) is 5.99. The van der Waals surface area contributed by atoms with Crippen molar-refractivity contribution in [2.75, 3.05) is 25.0 Å². The summed E-state index contributed by atoms with van der Waals surface area (Å²) in [5.41, 5.74) is 0.908. The molecule has 2 fully saturated rings. The van der Waals surface area contributed by atoms with Gasteiger partial charge in [-0.1, -0.05) is 25.7 Å². The van der Waals surface area contributed by atoms with E-state index < -0.39 is 0 Å². The predicted molar refractivity (Wildman–Crippen MR) is 92.5 cm³/mol. The van der Waals surface area contributed by atoms with E-state index in [1.165, 1.54) is 64.5 Å². The Hall–Kier alpha value is -1.62. The topological polar surface area (TPSA) is 57.3 Å². The molecule has 0 atom stereocenters. The molecule has 0 aromatic carbocycles. The van der Waals surface area contributed by atoms with Gasteiger partial charge in [-0.25, -0.2) is 4.79 Å². The summed E-state index contributed by atoms with van der Waals surface area (Å²) >= 11 is 0. The van der Waals surface area contributed by atoms with Crippen LogP contribution in [0.2, 0.25) is 0 Å². The minimum Gasteiger partial charge on any atom is -0.336 e. The first-order valence-corrected chi connectivity index (χ1v) is 8.98. The van der Waals surface area contributed by atoms with Crippen LogP contribution < -0.4 is 10.6 Å². The van der Waals surface area contributed by atoms with Crippen LogP contribution in [0, 0.1) is 0 Å². The van der Waals surface area contributed by atoms with Gasteiger partial charge in [-0.3, -0.25) is 9.88 Å². The molecule has 0 bridgehead atoms. The van der Waals surface area contributed by atoms with E-state index in [4.69, 9.17) is 0 Å². The monoisotopic (exact) mass is 316 g/mol. The molecule has 23 heavy (non-hydrogen) atoms. The summed E-state index contributed by atoms with van der Waals surface area (Å²) in [5.74, 6) is 0. The van der Waals surface area contributed by atoms with E-state index in [-0.39, 0.29) is 11.6 Å². The SMILES string of the molecule is O=C(NCC1(N2CCCCC2)CCCCC1)Nc1cccnc1. The molecular formula is C18H28N4O. The number of hydrogen-bond acceptors (Lipinski definition) is 3. The Morgan fingerprint density at radius 3 is 2.57 bits per heavy atom. The minimum absolute atomic E-state index is 0.125. The zero-order valence-electron chi connectivity index (χ0n) is 13.9. The molecular weight excluding hydrogens is 288 g/mol. The Kier molecular flexibility index (Phi) is 5.49. The fraction of sp³-hybridized carbons (Fsp3) is 0.667. The van der Waals surface area contributed by atoms with Crippen LogP contribution in [0.25, 0.3) is 0 Å². The smallest absolute Gasteiger partial charge is 0.319 e. The van der Waals surface area contributed by atoms with Crippen molar-refractivity contribution < 1.29 is 4.79 Å². The van der Waals surface area contributed by atoms with Crippen LogP contribution in [-0.2, 0) is 0 Å². The highest BCUT2D eigenvalue weighted by Gasteiger charge is 2.38. The highest BCUT2D eigenvalue weighted by molar-refractivity contribution is 5.89. The zero-order valence-corrected chi connectivity index (χ0v) is 13.9. The van der Waals surface area contributed by atoms with Crippen LogP contribution in [0.4, 0.5) is 10.5 Å². The van der Waals surface area contributed by atoms with Gasteiger partial charge in [0.05, 0.1) is 11.9 Å². The fourth-order valence-electron chi connectivity index (χ4n) is 4.04. The largest absolute Gasteiger partial charge is 0.336 e. The summed E-state index contributed by atoms with van der Waals surface area (Å²) in [6.07, 6.45) is 13.6. The fourth-order valence-corrected chi connectivity index (χ4v) is 4.04. The molecule has 0 radical (unpaired) electrons. The summed E-state index contributed by atoms with van der Waals surface area (Å²) in [7, 11) is 0. The lowest BCUT2D eigenvalue weighted by molar-refractivity contribution is 0.0358. The standard InChI is InChI=1S/C18H28N4O/c23-17(21-16-8-7-11-19-14-16)20-15-18(9-3-1-4-10-18)22-12-5-2-6-13-22/h7-8,11,14H,1-6,9-10,12-13,15H2,(H2,20,21,23). The Morgan fingerprint density at radius 2 is 1.87 bits per heavy atom. The van der Waals surface area contributed by atoms with Crippen LogP contribution in [0.5, 0.6) is 0 Å². The molecule has 1 saturated heterocycles. The summed E-state index contributed by atoms with van der Waals surface area (Å²) in [4.78, 5) is 18.9. The second-order valence-corrected chi connectivity index (χ2v) is 6.88. The molecule has 5 nitrogen and oxygen atoms in total. The molecule has 2 heterocycles. The number of amides is 2. The Morgan fingerprint density at radius 1 is 1.13 bits per heavy atom. The van der Waals surface area contributed by atoms with Gasteiger partial charge < -0.3 is 10.6 Å². The van der Waals surface area contributed by atoms with Crippen molar-refractivity contribution in [2.45, 2.75) is 56.9 Å². The number of rotatable bonds is 4. The number of likely N-dealkylation sites (tertiary alicyclic amines) is 1. The number of anilines is 1. The lowest BCUT2D eigenvalue weighted by atomic mass is 9.79. The molecule has 2 aliphatic rings. The first-order valence-electron chi connectivity index (χ1n) is 8.98. The van der Waals surface area contributed by atoms with Gasteiger partial charge in [0, 0.05) is 18.3 Å². The highest BCUT2D eigenvalue weighted by Crippen LogP contribution is 2.35. The van der Waals surface area contributed by atoms with Crippen molar-refractivity contribution in [1.29, 1.82) is 0 Å². The van der Waals surface area contributed by atoms with Gasteiger partial charge in [0.15, 0.2) is 0 Å². The summed E-state index contributed by atoms with van der Waals surface area (Å²) in [6.45, 7) is 3.12. The van der Waals surface area contributed by atoms with Gasteiger partial charge in [-0.2, -0.15) is 0 Å². The van der Waals surface area contributed by atoms with Crippen LogP contribution in [0.3, 0.4) is 0 Å². The molecule has 1 aromatic rings. The number of pyridine rings is 1. The van der Waals surface area contributed by atoms with Crippen molar-refractivity contribution in [2.24, 2.45) is 0 Å². The molecule has 2 amide bonds. The molecule has 2 N–H and O–H groups in total. The molecule has 1 aromatic heterocycles. The third-order valence-corrected chi connectivity index (χ3v) is 5.31. The third kappa shape index (κ3) is 4.22. The van der Waals surface area contributed by atoms with E-state index in [9.17, 15) is 4.79 Å². The van der Waals surface area contributed by atoms with Crippen LogP contribution in [-0.4, -0.2) is 41.1 Å². The van der Waals surface area contributed by atoms with Gasteiger partial charge >= 0.3 is 6.03 Å². The number of urea groups is 1. The second kappa shape index (κ2) is 7.77. The van der Waals surface area contributed by atoms with Crippen molar-refractivity contribution in [3.8, 4) is 0 Å². The van der Waals surface area contributed by atoms with Crippen LogP contribution >= 0.6 is 0 Å². The molecule has 1 aliphatic carbocycles. The van der Waals surface area contributed by atoms with Gasteiger partial charge in [-0.05, 0) is 50.9 Å². The van der Waals surface area contributed by atoms with E-state index in [1.807, 2.05) is 12.1 Å². The van der Waals surface area contributed by atoms with Crippen LogP contribution in [0.1, 0.15) is 51.4 Å². The molecule has 0 unspecified atom stereocenters. The lowest BCUT2D eigenvalue weighted by Crippen LogP contribution is -2.58. The molecule has 0 spiro atoms. The quantitative estimate of drug-likeness (QED) is 0.895.